The molecule has 0 bridgehead atoms. The van der Waals surface area contributed by atoms with E-state index in [1.54, 1.807) is 11.3 Å². The molecule has 0 N–H and O–H groups in total. The summed E-state index contributed by atoms with van der Waals surface area (Å²) in [6.07, 6.45) is 0. The van der Waals surface area contributed by atoms with Crippen LogP contribution in [0, 0.1) is 0 Å². The molecule has 10 nitrogen and oxygen atoms in total. The van der Waals surface area contributed by atoms with Gasteiger partial charge in [-0.15, -0.1) is 11.3 Å². The van der Waals surface area contributed by atoms with Crippen LogP contribution in [0.1, 0.15) is 0 Å². The van der Waals surface area contributed by atoms with E-state index in [0.717, 1.165) is 121 Å². The van der Waals surface area contributed by atoms with E-state index < -0.39 is 0 Å². The Kier molecular flexibility index (Phi) is 15.5. The molecule has 11 heteroatoms. The molecule has 0 spiro atoms. The summed E-state index contributed by atoms with van der Waals surface area (Å²) < 4.78 is 20.2. The predicted octanol–water partition coefficient (Wildman–Crippen LogP) is 27.1. The van der Waals surface area contributed by atoms with E-state index in [1.165, 1.54) is 64.7 Å². The molecule has 0 atom stereocenters. The van der Waals surface area contributed by atoms with Gasteiger partial charge < -0.3 is 18.0 Å². The van der Waals surface area contributed by atoms with E-state index in [4.69, 9.17) is 38.7 Å². The second-order valence-electron chi connectivity index (χ2n) is 28.4. The van der Waals surface area contributed by atoms with Crippen molar-refractivity contribution >= 4 is 119 Å². The molecule has 7 heterocycles. The van der Waals surface area contributed by atoms with Crippen LogP contribution in [0.2, 0.25) is 0 Å². The second kappa shape index (κ2) is 27.0. The molecule has 0 unspecified atom stereocenters. The first-order chi connectivity index (χ1) is 56.0. The number of aromatic nitrogens is 8. The van der Waals surface area contributed by atoms with Crippen molar-refractivity contribution in [1.82, 2.24) is 39.0 Å². The first kappa shape index (κ1) is 65.1. The van der Waals surface area contributed by atoms with Gasteiger partial charge in [0, 0.05) is 119 Å². The van der Waals surface area contributed by atoms with Gasteiger partial charge in [0.1, 0.15) is 22.3 Å². The van der Waals surface area contributed by atoms with E-state index in [0.29, 0.717) is 34.9 Å². The smallest absolute Gasteiger partial charge is 0.165 e. The molecule has 0 fully saturated rings. The molecule has 0 aliphatic rings. The Hall–Kier alpha value is -15.0. The lowest BCUT2D eigenvalue weighted by Crippen LogP contribution is -2.00. The van der Waals surface area contributed by atoms with Crippen LogP contribution in [0.5, 0.6) is 0 Å². The fraction of sp³-hybridized carbons (Fsp3) is 0. The number of rotatable bonds is 11. The number of hydrogen-bond donors (Lipinski definition) is 0. The van der Waals surface area contributed by atoms with Crippen LogP contribution in [-0.2, 0) is 0 Å². The van der Waals surface area contributed by atoms with Gasteiger partial charge in [0.15, 0.2) is 34.9 Å². The fourth-order valence-electron chi connectivity index (χ4n) is 16.4. The molecule has 16 aromatic carbocycles. The number of benzene rings is 16. The van der Waals surface area contributed by atoms with Gasteiger partial charge in [0.2, 0.25) is 0 Å². The van der Waals surface area contributed by atoms with Gasteiger partial charge in [0.25, 0.3) is 0 Å². The average molecular weight is 1460 g/mol. The van der Waals surface area contributed by atoms with Crippen molar-refractivity contribution < 1.29 is 8.83 Å². The lowest BCUT2D eigenvalue weighted by atomic mass is 10.0. The molecule has 0 aliphatic carbocycles. The molecule has 0 aliphatic heterocycles. The monoisotopic (exact) mass is 1460 g/mol. The molecular formula is C102H62N8O2S. The summed E-state index contributed by atoms with van der Waals surface area (Å²) >= 11 is 1.78. The Morgan fingerprint density at radius 3 is 1.11 bits per heavy atom. The van der Waals surface area contributed by atoms with E-state index in [2.05, 4.69) is 252 Å². The zero-order valence-electron chi connectivity index (χ0n) is 60.6. The van der Waals surface area contributed by atoms with Crippen LogP contribution in [0.25, 0.3) is 221 Å². The van der Waals surface area contributed by atoms with E-state index in [-0.39, 0.29) is 0 Å². The predicted molar refractivity (Wildman–Crippen MR) is 465 cm³/mol. The molecule has 0 radical (unpaired) electrons. The Bertz CT molecular complexity index is 7550. The van der Waals surface area contributed by atoms with Gasteiger partial charge in [-0.1, -0.05) is 291 Å². The summed E-state index contributed by atoms with van der Waals surface area (Å²) in [7, 11) is 0. The Morgan fingerprint density at radius 2 is 0.566 bits per heavy atom. The average Bonchev–Trinajstić information content (AvgIpc) is 1.69. The molecule has 0 saturated heterocycles. The van der Waals surface area contributed by atoms with Crippen LogP contribution < -0.4 is 0 Å². The van der Waals surface area contributed by atoms with Gasteiger partial charge in [-0.05, 0) is 107 Å². The van der Waals surface area contributed by atoms with Crippen molar-refractivity contribution in [3.8, 4) is 113 Å². The number of hydrogen-bond acceptors (Lipinski definition) is 9. The third-order valence-electron chi connectivity index (χ3n) is 21.7. The highest BCUT2D eigenvalue weighted by Crippen LogP contribution is 2.46. The standard InChI is InChI=1S/C51H30N4OS.C51H32N4O/c1-3-13-31(14-4-1)49-52-50(32-15-5-2-6-16-32)54-51(53-49)40-22-12-21-39-42-30-34(26-28-46(42)57-48(39)40)55-43-23-9-7-17-36(43)41-29-33(25-27-44(41)55)35-19-11-20-38-37-18-8-10-24-45(37)56-47(35)38;1-4-13-33(14-5-1)38-27-29-46-43(31-38)41-19-10-11-22-45(41)55(46)39-28-30-47-44(32-39)42-21-12-20-40(48(42)56-47)34-23-25-37(26-24-34)51-53-49(35-15-6-2-7-16-35)52-50(54-51)36-17-8-3-9-18-36/h1-30H;1-32H. The highest BCUT2D eigenvalue weighted by atomic mass is 32.1. The first-order valence-corrected chi connectivity index (χ1v) is 38.6. The summed E-state index contributed by atoms with van der Waals surface area (Å²) in [5.74, 6) is 3.88. The molecule has 528 valence electrons. The van der Waals surface area contributed by atoms with Crippen LogP contribution in [0.4, 0.5) is 0 Å². The van der Waals surface area contributed by atoms with E-state index in [9.17, 15) is 0 Å². The summed E-state index contributed by atoms with van der Waals surface area (Å²) in [5, 5.41) is 11.7. The van der Waals surface area contributed by atoms with Crippen LogP contribution in [0.3, 0.4) is 0 Å². The third kappa shape index (κ3) is 11.3. The Morgan fingerprint density at radius 1 is 0.204 bits per heavy atom. The minimum absolute atomic E-state index is 0.625. The van der Waals surface area contributed by atoms with Gasteiger partial charge in [-0.25, -0.2) is 29.9 Å². The number of furan rings is 2. The maximum Gasteiger partial charge on any atom is 0.165 e. The number of para-hydroxylation sites is 5. The van der Waals surface area contributed by atoms with Crippen LogP contribution in [0.15, 0.2) is 385 Å². The number of nitrogens with zero attached hydrogens (tertiary/aromatic N) is 8. The largest absolute Gasteiger partial charge is 0.455 e. The molecule has 23 rings (SSSR count). The van der Waals surface area contributed by atoms with Crippen molar-refractivity contribution in [2.45, 2.75) is 0 Å². The highest BCUT2D eigenvalue weighted by molar-refractivity contribution is 7.26. The van der Waals surface area contributed by atoms with Crippen LogP contribution >= 0.6 is 11.3 Å². The lowest BCUT2D eigenvalue weighted by molar-refractivity contribution is 0.669. The van der Waals surface area contributed by atoms with E-state index >= 15 is 0 Å². The molecule has 23 aromatic rings. The molecule has 0 saturated carbocycles. The Labute approximate surface area is 651 Å². The maximum absolute atomic E-state index is 6.65. The zero-order valence-corrected chi connectivity index (χ0v) is 61.4. The minimum Gasteiger partial charge on any atom is -0.455 e. The van der Waals surface area contributed by atoms with Crippen molar-refractivity contribution in [2.75, 3.05) is 0 Å². The first-order valence-electron chi connectivity index (χ1n) is 37.8. The van der Waals surface area contributed by atoms with Crippen molar-refractivity contribution in [2.24, 2.45) is 0 Å². The number of fused-ring (bicyclic) bond motifs is 15. The summed E-state index contributed by atoms with van der Waals surface area (Å²) in [6.45, 7) is 0. The normalized spacial score (nSPS) is 11.7. The maximum atomic E-state index is 6.65. The Balaban J connectivity index is 0.000000138. The van der Waals surface area contributed by atoms with Crippen molar-refractivity contribution in [3.05, 3.63) is 376 Å². The fourth-order valence-corrected chi connectivity index (χ4v) is 17.6. The van der Waals surface area contributed by atoms with Gasteiger partial charge >= 0.3 is 0 Å². The topological polar surface area (TPSA) is 113 Å². The molecule has 7 aromatic heterocycles. The van der Waals surface area contributed by atoms with E-state index in [1.807, 2.05) is 133 Å². The summed E-state index contributed by atoms with van der Waals surface area (Å²) in [6, 6.07) is 131. The van der Waals surface area contributed by atoms with Gasteiger partial charge in [-0.3, -0.25) is 0 Å². The molecule has 0 amide bonds. The number of thiophene rings is 1. The lowest BCUT2D eigenvalue weighted by Gasteiger charge is -2.09. The quantitative estimate of drug-likeness (QED) is 0.126. The summed E-state index contributed by atoms with van der Waals surface area (Å²) in [5.41, 5.74) is 22.8. The third-order valence-corrected chi connectivity index (χ3v) is 23.0. The van der Waals surface area contributed by atoms with Crippen molar-refractivity contribution in [3.63, 3.8) is 0 Å². The SMILES string of the molecule is c1ccc(-c2ccc3c(c2)c2ccccc2n3-c2ccc3oc4c(-c5ccc(-c6nc(-c7ccccc7)nc(-c7ccccc7)n6)cc5)cccc4c3c2)cc1.c1ccc(-c2nc(-c3ccccc3)nc(-c3cccc4c3sc3ccc(-n5c6ccccc6c6cc(-c7cccc8c7oc7ccccc78)ccc65)cc34)n2)cc1. The molecule has 113 heavy (non-hydrogen) atoms. The van der Waals surface area contributed by atoms with Crippen molar-refractivity contribution in [1.29, 1.82) is 0 Å². The van der Waals surface area contributed by atoms with Gasteiger partial charge in [0.05, 0.1) is 22.1 Å². The highest BCUT2D eigenvalue weighted by Gasteiger charge is 2.23. The molecular weight excluding hydrogens is 1400 g/mol. The zero-order chi connectivity index (χ0) is 74.5. The summed E-state index contributed by atoms with van der Waals surface area (Å²) in [4.78, 5) is 29.8. The van der Waals surface area contributed by atoms with Gasteiger partial charge in [-0.2, -0.15) is 0 Å². The second-order valence-corrected chi connectivity index (χ2v) is 29.5. The van der Waals surface area contributed by atoms with Crippen LogP contribution in [-0.4, -0.2) is 39.0 Å². The minimum atomic E-state index is 0.625.